The van der Waals surface area contributed by atoms with Gasteiger partial charge < -0.3 is 39.0 Å². The Labute approximate surface area is 180 Å². The Hall–Kier alpha value is -2.85. The van der Waals surface area contributed by atoms with Crippen LogP contribution in [-0.2, 0) is 20.8 Å². The maximum atomic E-state index is 11.5. The van der Waals surface area contributed by atoms with Crippen LogP contribution in [0.4, 0.5) is 0 Å². The quantitative estimate of drug-likeness (QED) is 0.218. The molecule has 0 aliphatic rings. The highest BCUT2D eigenvalue weighted by Crippen LogP contribution is 2.36. The van der Waals surface area contributed by atoms with Gasteiger partial charge in [0.05, 0.1) is 46.8 Å². The maximum absolute atomic E-state index is 11.5. The number of aromatic hydroxyl groups is 2. The predicted octanol–water partition coefficient (Wildman–Crippen LogP) is 1.91. The van der Waals surface area contributed by atoms with Crippen molar-refractivity contribution in [1.82, 2.24) is 0 Å². The fraction of sp³-hybridized carbons (Fsp3) is 0.409. The molecule has 0 fully saturated rings. The summed E-state index contributed by atoms with van der Waals surface area (Å²) in [6, 6.07) is 9.96. The highest BCUT2D eigenvalue weighted by molar-refractivity contribution is 5.98. The molecule has 0 aromatic heterocycles. The summed E-state index contributed by atoms with van der Waals surface area (Å²) in [5, 5.41) is 28.3. The van der Waals surface area contributed by atoms with Crippen LogP contribution in [-0.4, -0.2) is 74.5 Å². The number of methoxy groups -OCH3 is 1. The largest absolute Gasteiger partial charge is 0.504 e. The molecule has 0 saturated heterocycles. The molecule has 170 valence electrons. The van der Waals surface area contributed by atoms with Crippen molar-refractivity contribution in [3.8, 4) is 23.0 Å². The van der Waals surface area contributed by atoms with Crippen LogP contribution in [0.1, 0.15) is 15.9 Å². The molecule has 0 heterocycles. The van der Waals surface area contributed by atoms with Gasteiger partial charge in [0, 0.05) is 5.56 Å². The zero-order valence-electron chi connectivity index (χ0n) is 17.4. The van der Waals surface area contributed by atoms with Crippen LogP contribution in [0.15, 0.2) is 36.4 Å². The van der Waals surface area contributed by atoms with Crippen molar-refractivity contribution in [2.45, 2.75) is 6.61 Å². The zero-order chi connectivity index (χ0) is 22.5. The Morgan fingerprint density at radius 1 is 0.871 bits per heavy atom. The topological polar surface area (TPSA) is 124 Å². The smallest absolute Gasteiger partial charge is 0.200 e. The molecule has 0 radical (unpaired) electrons. The van der Waals surface area contributed by atoms with Gasteiger partial charge in [-0.05, 0) is 29.8 Å². The number of hydrogen-bond acceptors (Lipinski definition) is 9. The fourth-order valence-electron chi connectivity index (χ4n) is 2.52. The summed E-state index contributed by atoms with van der Waals surface area (Å²) in [5.74, 6) is -0.838. The Bertz CT molecular complexity index is 805. The van der Waals surface area contributed by atoms with E-state index < -0.39 is 23.9 Å². The molecule has 0 saturated carbocycles. The normalized spacial score (nSPS) is 10.8. The monoisotopic (exact) mass is 436 g/mol. The molecule has 31 heavy (non-hydrogen) atoms. The molecule has 0 atom stereocenters. The Morgan fingerprint density at radius 2 is 1.48 bits per heavy atom. The van der Waals surface area contributed by atoms with Crippen molar-refractivity contribution in [3.05, 3.63) is 47.5 Å². The first-order valence-corrected chi connectivity index (χ1v) is 9.74. The summed E-state index contributed by atoms with van der Waals surface area (Å²) >= 11 is 0. The number of benzene rings is 2. The molecular formula is C22H28O9. The van der Waals surface area contributed by atoms with Crippen molar-refractivity contribution >= 4 is 5.78 Å². The molecule has 0 bridgehead atoms. The van der Waals surface area contributed by atoms with Crippen LogP contribution in [0.2, 0.25) is 0 Å². The molecule has 2 aromatic rings. The van der Waals surface area contributed by atoms with Crippen LogP contribution >= 0.6 is 0 Å². The average Bonchev–Trinajstić information content (AvgIpc) is 2.79. The SMILES string of the molecule is COc1ccc(COCCOCCOCCOc2cc(C(=O)CO)cc(O)c2O)cc1. The molecule has 9 nitrogen and oxygen atoms in total. The molecular weight excluding hydrogens is 408 g/mol. The third-order valence-corrected chi connectivity index (χ3v) is 4.18. The van der Waals surface area contributed by atoms with Crippen LogP contribution in [0.5, 0.6) is 23.0 Å². The van der Waals surface area contributed by atoms with Crippen molar-refractivity contribution in [1.29, 1.82) is 0 Å². The van der Waals surface area contributed by atoms with Gasteiger partial charge in [-0.2, -0.15) is 0 Å². The van der Waals surface area contributed by atoms with E-state index in [1.165, 1.54) is 6.07 Å². The number of rotatable bonds is 15. The number of hydrogen-bond donors (Lipinski definition) is 3. The van der Waals surface area contributed by atoms with Crippen molar-refractivity contribution in [2.75, 3.05) is 53.4 Å². The molecule has 9 heteroatoms. The van der Waals surface area contributed by atoms with Crippen molar-refractivity contribution < 1.29 is 43.8 Å². The summed E-state index contributed by atoms with van der Waals surface area (Å²) in [4.78, 5) is 11.5. The third-order valence-electron chi connectivity index (χ3n) is 4.18. The molecule has 0 aliphatic heterocycles. The van der Waals surface area contributed by atoms with Crippen molar-refractivity contribution in [2.24, 2.45) is 0 Å². The average molecular weight is 436 g/mol. The number of carbonyl (C=O) groups is 1. The summed E-state index contributed by atoms with van der Waals surface area (Å²) in [5.41, 5.74) is 1.09. The fourth-order valence-corrected chi connectivity index (χ4v) is 2.52. The number of aliphatic hydroxyl groups excluding tert-OH is 1. The Kier molecular flexibility index (Phi) is 10.6. The van der Waals surface area contributed by atoms with Crippen molar-refractivity contribution in [3.63, 3.8) is 0 Å². The van der Waals surface area contributed by atoms with Crippen LogP contribution < -0.4 is 9.47 Å². The summed E-state index contributed by atoms with van der Waals surface area (Å²) in [7, 11) is 1.62. The molecule has 0 unspecified atom stereocenters. The minimum absolute atomic E-state index is 0.0383. The molecule has 0 aliphatic carbocycles. The van der Waals surface area contributed by atoms with E-state index >= 15 is 0 Å². The van der Waals surface area contributed by atoms with Gasteiger partial charge in [0.25, 0.3) is 0 Å². The molecule has 0 spiro atoms. The lowest BCUT2D eigenvalue weighted by atomic mass is 10.1. The van der Waals surface area contributed by atoms with Gasteiger partial charge in [0.2, 0.25) is 5.75 Å². The first-order chi connectivity index (χ1) is 15.0. The number of phenols is 2. The highest BCUT2D eigenvalue weighted by atomic mass is 16.6. The van der Waals surface area contributed by atoms with E-state index in [1.54, 1.807) is 7.11 Å². The van der Waals surface area contributed by atoms with E-state index in [1.807, 2.05) is 24.3 Å². The second-order valence-corrected chi connectivity index (χ2v) is 6.40. The minimum atomic E-state index is -0.709. The summed E-state index contributed by atoms with van der Waals surface area (Å²) in [6.45, 7) is 1.73. The number of aliphatic hydroxyl groups is 1. The highest BCUT2D eigenvalue weighted by Gasteiger charge is 2.14. The number of phenolic OH excluding ortho intramolecular Hbond substituents is 2. The Morgan fingerprint density at radius 3 is 2.10 bits per heavy atom. The number of ketones is 1. The van der Waals surface area contributed by atoms with Gasteiger partial charge in [0.15, 0.2) is 17.3 Å². The van der Waals surface area contributed by atoms with Gasteiger partial charge in [-0.1, -0.05) is 12.1 Å². The minimum Gasteiger partial charge on any atom is -0.504 e. The van der Waals surface area contributed by atoms with Gasteiger partial charge in [-0.3, -0.25) is 4.79 Å². The second kappa shape index (κ2) is 13.5. The lowest BCUT2D eigenvalue weighted by molar-refractivity contribution is 0.00584. The standard InChI is InChI=1S/C22H28O9/c1-27-18-4-2-16(3-5-18)15-30-9-8-28-6-7-29-10-11-31-21-13-17(20(25)14-23)12-19(24)22(21)26/h2-5,12-13,23-24,26H,6-11,14-15H2,1H3. The maximum Gasteiger partial charge on any atom is 0.200 e. The lowest BCUT2D eigenvalue weighted by Gasteiger charge is -2.11. The predicted molar refractivity (Wildman–Crippen MR) is 111 cm³/mol. The third kappa shape index (κ3) is 8.42. The summed E-state index contributed by atoms with van der Waals surface area (Å²) in [6.07, 6.45) is 0. The molecule has 2 rings (SSSR count). The summed E-state index contributed by atoms with van der Waals surface area (Å²) < 4.78 is 26.8. The van der Waals surface area contributed by atoms with E-state index in [0.717, 1.165) is 17.4 Å². The van der Waals surface area contributed by atoms with E-state index in [4.69, 9.17) is 28.8 Å². The van der Waals surface area contributed by atoms with E-state index in [0.29, 0.717) is 33.0 Å². The van der Waals surface area contributed by atoms with E-state index in [-0.39, 0.29) is 24.5 Å². The van der Waals surface area contributed by atoms with E-state index in [9.17, 15) is 15.0 Å². The number of ether oxygens (including phenoxy) is 5. The molecule has 3 N–H and O–H groups in total. The van der Waals surface area contributed by atoms with Gasteiger partial charge in [-0.15, -0.1) is 0 Å². The number of Topliss-reactive ketones (excluding diaryl/α,β-unsaturated/α-hetero) is 1. The van der Waals surface area contributed by atoms with Gasteiger partial charge >= 0.3 is 0 Å². The molecule has 0 amide bonds. The van der Waals surface area contributed by atoms with Crippen LogP contribution in [0, 0.1) is 0 Å². The van der Waals surface area contributed by atoms with Gasteiger partial charge in [-0.25, -0.2) is 0 Å². The second-order valence-electron chi connectivity index (χ2n) is 6.40. The molecule has 2 aromatic carbocycles. The first kappa shape index (κ1) is 24.4. The first-order valence-electron chi connectivity index (χ1n) is 9.74. The lowest BCUT2D eigenvalue weighted by Crippen LogP contribution is -2.13. The zero-order valence-corrected chi connectivity index (χ0v) is 17.4. The van der Waals surface area contributed by atoms with E-state index in [2.05, 4.69) is 0 Å². The van der Waals surface area contributed by atoms with Gasteiger partial charge in [0.1, 0.15) is 19.0 Å². The Balaban J connectivity index is 1.52. The van der Waals surface area contributed by atoms with Crippen LogP contribution in [0.3, 0.4) is 0 Å². The van der Waals surface area contributed by atoms with Crippen LogP contribution in [0.25, 0.3) is 0 Å². The number of carbonyl (C=O) groups excluding carboxylic acids is 1.